The van der Waals surface area contributed by atoms with Gasteiger partial charge in [0.15, 0.2) is 6.61 Å². The molecule has 2 fully saturated rings. The Balaban J connectivity index is 1.79. The number of esters is 1. The first-order valence-electron chi connectivity index (χ1n) is 9.83. The lowest BCUT2D eigenvalue weighted by molar-refractivity contribution is -0.159. The Morgan fingerprint density at radius 2 is 1.64 bits per heavy atom. The number of hydrogen-bond acceptors (Lipinski definition) is 6. The number of ether oxygens (including phenoxy) is 1. The Bertz CT molecular complexity index is 624. The number of nitrogens with one attached hydrogen (secondary N) is 2. The quantitative estimate of drug-likeness (QED) is 0.489. The third kappa shape index (κ3) is 5.30. The molecule has 2 rings (SSSR count). The van der Waals surface area contributed by atoms with Crippen LogP contribution in [0.15, 0.2) is 0 Å². The highest BCUT2D eigenvalue weighted by atomic mass is 16.5. The molecule has 9 nitrogen and oxygen atoms in total. The van der Waals surface area contributed by atoms with E-state index in [-0.39, 0.29) is 23.7 Å². The number of imide groups is 2. The van der Waals surface area contributed by atoms with Crippen molar-refractivity contribution in [2.45, 2.75) is 58.9 Å². The van der Waals surface area contributed by atoms with E-state index in [0.29, 0.717) is 25.3 Å². The van der Waals surface area contributed by atoms with Gasteiger partial charge in [0.25, 0.3) is 5.91 Å². The predicted molar refractivity (Wildman–Crippen MR) is 98.7 cm³/mol. The maximum absolute atomic E-state index is 12.5. The van der Waals surface area contributed by atoms with E-state index < -0.39 is 30.6 Å². The molecule has 0 spiro atoms. The summed E-state index contributed by atoms with van der Waals surface area (Å²) in [6, 6.07) is -1.76. The van der Waals surface area contributed by atoms with Gasteiger partial charge in [0.1, 0.15) is 6.04 Å². The lowest BCUT2D eigenvalue weighted by Crippen LogP contribution is -2.46. The standard InChI is InChI=1S/C19H29N3O6/c1-11(2)8-9-20-19(27)21-15(23)10-28-18(26)12(3)22-16(24)13-6-4-5-7-14(13)17(22)25/h11-14H,4-10H2,1-3H3,(H2,20,21,23,27)/t12-,13-,14+/m0/s1. The van der Waals surface area contributed by atoms with Crippen molar-refractivity contribution in [2.24, 2.45) is 17.8 Å². The van der Waals surface area contributed by atoms with Crippen LogP contribution in [0.4, 0.5) is 4.79 Å². The lowest BCUT2D eigenvalue weighted by Gasteiger charge is -2.21. The first-order valence-corrected chi connectivity index (χ1v) is 9.83. The Hall–Kier alpha value is -2.45. The van der Waals surface area contributed by atoms with E-state index in [1.54, 1.807) is 0 Å². The van der Waals surface area contributed by atoms with E-state index in [4.69, 9.17) is 4.74 Å². The average molecular weight is 395 g/mol. The SMILES string of the molecule is CC(C)CCNC(=O)NC(=O)COC(=O)[C@H](C)N1C(=O)[C@H]2CCCC[C@H]2C1=O. The second-order valence-electron chi connectivity index (χ2n) is 7.81. The second kappa shape index (κ2) is 9.66. The Labute approximate surface area is 164 Å². The van der Waals surface area contributed by atoms with Gasteiger partial charge in [0, 0.05) is 6.54 Å². The third-order valence-electron chi connectivity index (χ3n) is 5.21. The molecule has 2 aliphatic rings. The van der Waals surface area contributed by atoms with E-state index >= 15 is 0 Å². The largest absolute Gasteiger partial charge is 0.454 e. The number of carbonyl (C=O) groups is 5. The van der Waals surface area contributed by atoms with Crippen LogP contribution in [-0.4, -0.2) is 53.8 Å². The Kier molecular flexibility index (Phi) is 7.53. The van der Waals surface area contributed by atoms with Crippen molar-refractivity contribution in [1.82, 2.24) is 15.5 Å². The minimum atomic E-state index is -1.10. The molecule has 1 saturated carbocycles. The van der Waals surface area contributed by atoms with Crippen LogP contribution in [-0.2, 0) is 23.9 Å². The van der Waals surface area contributed by atoms with Crippen LogP contribution in [0, 0.1) is 17.8 Å². The zero-order valence-electron chi connectivity index (χ0n) is 16.7. The van der Waals surface area contributed by atoms with Gasteiger partial charge >= 0.3 is 12.0 Å². The minimum Gasteiger partial charge on any atom is -0.454 e. The van der Waals surface area contributed by atoms with Gasteiger partial charge in [-0.25, -0.2) is 9.59 Å². The summed E-state index contributed by atoms with van der Waals surface area (Å²) in [6.45, 7) is 5.19. The molecule has 2 N–H and O–H groups in total. The van der Waals surface area contributed by atoms with E-state index in [2.05, 4.69) is 10.6 Å². The van der Waals surface area contributed by atoms with Crippen LogP contribution in [0.2, 0.25) is 0 Å². The number of likely N-dealkylation sites (tertiary alicyclic amines) is 1. The predicted octanol–water partition coefficient (Wildman–Crippen LogP) is 0.965. The summed E-state index contributed by atoms with van der Waals surface area (Å²) >= 11 is 0. The summed E-state index contributed by atoms with van der Waals surface area (Å²) in [7, 11) is 0. The van der Waals surface area contributed by atoms with Crippen molar-refractivity contribution in [3.8, 4) is 0 Å². The fourth-order valence-electron chi connectivity index (χ4n) is 3.61. The van der Waals surface area contributed by atoms with Crippen molar-refractivity contribution in [1.29, 1.82) is 0 Å². The number of amides is 5. The van der Waals surface area contributed by atoms with Crippen LogP contribution in [0.5, 0.6) is 0 Å². The molecule has 156 valence electrons. The van der Waals surface area contributed by atoms with Crippen molar-refractivity contribution >= 4 is 29.7 Å². The summed E-state index contributed by atoms with van der Waals surface area (Å²) < 4.78 is 4.89. The second-order valence-corrected chi connectivity index (χ2v) is 7.81. The molecule has 0 radical (unpaired) electrons. The normalized spacial score (nSPS) is 22.6. The molecule has 1 heterocycles. The van der Waals surface area contributed by atoms with E-state index in [9.17, 15) is 24.0 Å². The number of urea groups is 1. The summed E-state index contributed by atoms with van der Waals surface area (Å²) in [5.41, 5.74) is 0. The van der Waals surface area contributed by atoms with E-state index in [1.807, 2.05) is 13.8 Å². The number of hydrogen-bond donors (Lipinski definition) is 2. The third-order valence-corrected chi connectivity index (χ3v) is 5.21. The lowest BCUT2D eigenvalue weighted by atomic mass is 9.81. The van der Waals surface area contributed by atoms with Gasteiger partial charge in [-0.3, -0.25) is 24.6 Å². The van der Waals surface area contributed by atoms with Crippen LogP contribution in [0.3, 0.4) is 0 Å². The molecule has 1 aliphatic heterocycles. The Morgan fingerprint density at radius 3 is 2.18 bits per heavy atom. The van der Waals surface area contributed by atoms with Crippen LogP contribution < -0.4 is 10.6 Å². The highest BCUT2D eigenvalue weighted by Gasteiger charge is 2.51. The molecule has 0 aromatic heterocycles. The van der Waals surface area contributed by atoms with Gasteiger partial charge in [0.05, 0.1) is 11.8 Å². The molecule has 3 atom stereocenters. The maximum Gasteiger partial charge on any atom is 0.329 e. The summed E-state index contributed by atoms with van der Waals surface area (Å²) in [5, 5.41) is 4.59. The molecular weight excluding hydrogens is 366 g/mol. The molecule has 0 aromatic rings. The van der Waals surface area contributed by atoms with Crippen LogP contribution >= 0.6 is 0 Å². The minimum absolute atomic E-state index is 0.340. The van der Waals surface area contributed by atoms with Crippen molar-refractivity contribution in [3.05, 3.63) is 0 Å². The average Bonchev–Trinajstić information content (AvgIpc) is 2.90. The molecule has 9 heteroatoms. The topological polar surface area (TPSA) is 122 Å². The van der Waals surface area contributed by atoms with Gasteiger partial charge in [-0.15, -0.1) is 0 Å². The Morgan fingerprint density at radius 1 is 1.07 bits per heavy atom. The highest BCUT2D eigenvalue weighted by Crippen LogP contribution is 2.38. The van der Waals surface area contributed by atoms with Gasteiger partial charge in [0.2, 0.25) is 11.8 Å². The van der Waals surface area contributed by atoms with Gasteiger partial charge in [-0.1, -0.05) is 26.7 Å². The number of nitrogens with zero attached hydrogens (tertiary/aromatic N) is 1. The molecule has 1 aliphatic carbocycles. The highest BCUT2D eigenvalue weighted by molar-refractivity contribution is 6.08. The summed E-state index contributed by atoms with van der Waals surface area (Å²) in [5.74, 6) is -2.60. The molecule has 0 aromatic carbocycles. The zero-order valence-corrected chi connectivity index (χ0v) is 16.7. The fraction of sp³-hybridized carbons (Fsp3) is 0.737. The van der Waals surface area contributed by atoms with Gasteiger partial charge in [-0.05, 0) is 32.1 Å². The number of carbonyl (C=O) groups excluding carboxylic acids is 5. The molecule has 28 heavy (non-hydrogen) atoms. The van der Waals surface area contributed by atoms with Crippen molar-refractivity contribution < 1.29 is 28.7 Å². The first-order chi connectivity index (χ1) is 13.2. The maximum atomic E-state index is 12.5. The zero-order chi connectivity index (χ0) is 20.8. The number of fused-ring (bicyclic) bond motifs is 1. The monoisotopic (exact) mass is 395 g/mol. The van der Waals surface area contributed by atoms with Gasteiger partial charge in [-0.2, -0.15) is 0 Å². The molecule has 0 unspecified atom stereocenters. The number of rotatable bonds is 7. The smallest absolute Gasteiger partial charge is 0.329 e. The first kappa shape index (κ1) is 21.8. The van der Waals surface area contributed by atoms with Crippen molar-refractivity contribution in [3.63, 3.8) is 0 Å². The van der Waals surface area contributed by atoms with E-state index in [0.717, 1.165) is 24.2 Å². The van der Waals surface area contributed by atoms with E-state index in [1.165, 1.54) is 6.92 Å². The van der Waals surface area contributed by atoms with Crippen LogP contribution in [0.25, 0.3) is 0 Å². The molecule has 1 saturated heterocycles. The molecule has 0 bridgehead atoms. The summed E-state index contributed by atoms with van der Waals surface area (Å²) in [4.78, 5) is 61.5. The molecular formula is C19H29N3O6. The van der Waals surface area contributed by atoms with Gasteiger partial charge < -0.3 is 10.1 Å². The summed E-state index contributed by atoms with van der Waals surface area (Å²) in [6.07, 6.45) is 3.87. The fourth-order valence-corrected chi connectivity index (χ4v) is 3.61. The van der Waals surface area contributed by atoms with Crippen LogP contribution in [0.1, 0.15) is 52.9 Å². The molecule has 5 amide bonds. The van der Waals surface area contributed by atoms with Crippen molar-refractivity contribution in [2.75, 3.05) is 13.2 Å².